The Balaban J connectivity index is 1.23. The Labute approximate surface area is 236 Å². The maximum atomic E-state index is 13.5. The van der Waals surface area contributed by atoms with Gasteiger partial charge >= 0.3 is 0 Å². The summed E-state index contributed by atoms with van der Waals surface area (Å²) in [4.78, 5) is 13.5. The highest BCUT2D eigenvalue weighted by atomic mass is 16.1. The molecule has 3 saturated carbocycles. The van der Waals surface area contributed by atoms with Crippen molar-refractivity contribution in [3.8, 4) is 0 Å². The number of rotatable bonds is 13. The van der Waals surface area contributed by atoms with Gasteiger partial charge in [-0.2, -0.15) is 0 Å². The van der Waals surface area contributed by atoms with Crippen molar-refractivity contribution in [2.24, 2.45) is 29.6 Å². The summed E-state index contributed by atoms with van der Waals surface area (Å²) in [6.45, 7) is 7.07. The van der Waals surface area contributed by atoms with E-state index in [0.29, 0.717) is 29.5 Å². The molecular weight excluding hydrogens is 460 g/mol. The van der Waals surface area contributed by atoms with Crippen molar-refractivity contribution in [3.63, 3.8) is 0 Å². The fourth-order valence-electron chi connectivity index (χ4n) is 8.59. The number of benzene rings is 1. The first-order valence-corrected chi connectivity index (χ1v) is 17.2. The molecule has 0 saturated heterocycles. The van der Waals surface area contributed by atoms with Gasteiger partial charge in [0.2, 0.25) is 0 Å². The summed E-state index contributed by atoms with van der Waals surface area (Å²) in [6.07, 6.45) is 26.8. The molecule has 0 spiro atoms. The van der Waals surface area contributed by atoms with Crippen LogP contribution in [-0.2, 0) is 4.79 Å². The highest BCUT2D eigenvalue weighted by Gasteiger charge is 2.37. The van der Waals surface area contributed by atoms with E-state index in [0.717, 1.165) is 30.6 Å². The lowest BCUT2D eigenvalue weighted by molar-refractivity contribution is -0.127. The van der Waals surface area contributed by atoms with Gasteiger partial charge in [0.15, 0.2) is 0 Å². The molecule has 1 nitrogen and oxygen atoms in total. The summed E-state index contributed by atoms with van der Waals surface area (Å²) in [5, 5.41) is 0. The van der Waals surface area contributed by atoms with E-state index in [-0.39, 0.29) is 0 Å². The lowest BCUT2D eigenvalue weighted by Crippen LogP contribution is -2.32. The molecule has 0 aromatic heterocycles. The zero-order valence-electron chi connectivity index (χ0n) is 25.4. The molecule has 0 N–H and O–H groups in total. The third-order valence-electron chi connectivity index (χ3n) is 11.3. The first-order chi connectivity index (χ1) is 18.6. The van der Waals surface area contributed by atoms with Gasteiger partial charge in [0, 0.05) is 12.3 Å². The van der Waals surface area contributed by atoms with Crippen molar-refractivity contribution in [2.45, 2.75) is 161 Å². The maximum absolute atomic E-state index is 13.5. The summed E-state index contributed by atoms with van der Waals surface area (Å²) >= 11 is 0. The average Bonchev–Trinajstić information content (AvgIpc) is 2.95. The maximum Gasteiger partial charge on any atom is 0.136 e. The second kappa shape index (κ2) is 15.6. The molecule has 0 aliphatic heterocycles. The molecule has 0 heterocycles. The van der Waals surface area contributed by atoms with Crippen LogP contribution in [0.5, 0.6) is 0 Å². The van der Waals surface area contributed by atoms with Crippen LogP contribution in [-0.4, -0.2) is 5.78 Å². The lowest BCUT2D eigenvalue weighted by Gasteiger charge is -2.38. The molecule has 0 amide bonds. The van der Waals surface area contributed by atoms with Gasteiger partial charge in [-0.05, 0) is 104 Å². The summed E-state index contributed by atoms with van der Waals surface area (Å²) in [7, 11) is 0. The smallest absolute Gasteiger partial charge is 0.136 e. The van der Waals surface area contributed by atoms with Gasteiger partial charge in [0.05, 0.1) is 0 Å². The highest BCUT2D eigenvalue weighted by molar-refractivity contribution is 5.83. The molecule has 0 radical (unpaired) electrons. The minimum atomic E-state index is 0.365. The SMILES string of the molecule is CCCCCCCC[C@H]1CC[C@H](C2CCC(c3ccccc3[C@H]3CC[C@H](CC(C)CC)CC3)CC2=O)CC1. The highest BCUT2D eigenvalue weighted by Crippen LogP contribution is 2.46. The number of carbonyl (C=O) groups is 1. The lowest BCUT2D eigenvalue weighted by atomic mass is 9.66. The molecule has 38 heavy (non-hydrogen) atoms. The van der Waals surface area contributed by atoms with Gasteiger partial charge in [-0.1, -0.05) is 109 Å². The predicted molar refractivity (Wildman–Crippen MR) is 164 cm³/mol. The van der Waals surface area contributed by atoms with E-state index in [1.165, 1.54) is 121 Å². The van der Waals surface area contributed by atoms with E-state index in [1.807, 2.05) is 0 Å². The molecule has 4 rings (SSSR count). The van der Waals surface area contributed by atoms with Crippen molar-refractivity contribution >= 4 is 5.78 Å². The van der Waals surface area contributed by atoms with Gasteiger partial charge < -0.3 is 0 Å². The average molecular weight is 521 g/mol. The van der Waals surface area contributed by atoms with Crippen LogP contribution in [0.4, 0.5) is 0 Å². The van der Waals surface area contributed by atoms with Crippen LogP contribution in [0, 0.1) is 29.6 Å². The van der Waals surface area contributed by atoms with Crippen LogP contribution in [0.2, 0.25) is 0 Å². The van der Waals surface area contributed by atoms with Crippen LogP contribution in [0.3, 0.4) is 0 Å². The standard InChI is InChI=1S/C37H60O/c1-4-6-7-8-9-10-13-29-16-20-32(21-17-29)36-25-24-33(27-37(36)38)35-15-12-11-14-34(35)31-22-18-30(19-23-31)26-28(3)5-2/h11-12,14-15,28-33,36H,4-10,13,16-27H2,1-3H3/t28?,29-,30-,31-,32-,33?,36?. The first-order valence-electron chi connectivity index (χ1n) is 17.2. The van der Waals surface area contributed by atoms with E-state index in [9.17, 15) is 4.79 Å². The summed E-state index contributed by atoms with van der Waals surface area (Å²) in [5.74, 6) is 5.59. The second-order valence-electron chi connectivity index (χ2n) is 14.0. The van der Waals surface area contributed by atoms with Crippen LogP contribution in [0.15, 0.2) is 24.3 Å². The van der Waals surface area contributed by atoms with Gasteiger partial charge in [-0.3, -0.25) is 4.79 Å². The van der Waals surface area contributed by atoms with Crippen molar-refractivity contribution in [1.82, 2.24) is 0 Å². The summed E-state index contributed by atoms with van der Waals surface area (Å²) in [6, 6.07) is 9.28. The molecule has 3 unspecified atom stereocenters. The van der Waals surface area contributed by atoms with E-state index >= 15 is 0 Å². The largest absolute Gasteiger partial charge is 0.299 e. The van der Waals surface area contributed by atoms with Crippen molar-refractivity contribution in [1.29, 1.82) is 0 Å². The Morgan fingerprint density at radius 3 is 1.97 bits per heavy atom. The van der Waals surface area contributed by atoms with Crippen LogP contribution in [0.25, 0.3) is 0 Å². The fraction of sp³-hybridized carbons (Fsp3) is 0.811. The Morgan fingerprint density at radius 2 is 1.32 bits per heavy atom. The monoisotopic (exact) mass is 520 g/mol. The minimum Gasteiger partial charge on any atom is -0.299 e. The third kappa shape index (κ3) is 8.44. The minimum absolute atomic E-state index is 0.365. The van der Waals surface area contributed by atoms with Gasteiger partial charge in [-0.15, -0.1) is 0 Å². The molecule has 214 valence electrons. The number of hydrogen-bond donors (Lipinski definition) is 0. The molecule has 0 bridgehead atoms. The fourth-order valence-corrected chi connectivity index (χ4v) is 8.59. The molecule has 1 aromatic carbocycles. The number of hydrogen-bond acceptors (Lipinski definition) is 1. The van der Waals surface area contributed by atoms with Gasteiger partial charge in [0.25, 0.3) is 0 Å². The van der Waals surface area contributed by atoms with Crippen LogP contribution < -0.4 is 0 Å². The third-order valence-corrected chi connectivity index (χ3v) is 11.3. The predicted octanol–water partition coefficient (Wildman–Crippen LogP) is 11.4. The van der Waals surface area contributed by atoms with E-state index in [1.54, 1.807) is 5.56 Å². The Hall–Kier alpha value is -1.11. The van der Waals surface area contributed by atoms with Crippen LogP contribution in [0.1, 0.15) is 172 Å². The van der Waals surface area contributed by atoms with Crippen molar-refractivity contribution in [3.05, 3.63) is 35.4 Å². The second-order valence-corrected chi connectivity index (χ2v) is 14.0. The quantitative estimate of drug-likeness (QED) is 0.236. The molecule has 3 fully saturated rings. The Morgan fingerprint density at radius 1 is 0.711 bits per heavy atom. The van der Waals surface area contributed by atoms with Crippen molar-refractivity contribution in [2.75, 3.05) is 0 Å². The van der Waals surface area contributed by atoms with Gasteiger partial charge in [-0.25, -0.2) is 0 Å². The summed E-state index contributed by atoms with van der Waals surface area (Å²) in [5.41, 5.74) is 3.13. The number of Topliss-reactive ketones (excluding diaryl/α,β-unsaturated/α-hetero) is 1. The molecule has 3 aliphatic carbocycles. The zero-order valence-corrected chi connectivity index (χ0v) is 25.4. The zero-order chi connectivity index (χ0) is 26.7. The van der Waals surface area contributed by atoms with E-state index in [2.05, 4.69) is 45.0 Å². The number of carbonyl (C=O) groups excluding carboxylic acids is 1. The molecule has 3 atom stereocenters. The molecular formula is C37H60O. The topological polar surface area (TPSA) is 17.1 Å². The van der Waals surface area contributed by atoms with Gasteiger partial charge in [0.1, 0.15) is 5.78 Å². The number of unbranched alkanes of at least 4 members (excludes halogenated alkanes) is 5. The molecule has 3 aliphatic rings. The Bertz CT molecular complexity index is 810. The molecule has 1 heteroatoms. The van der Waals surface area contributed by atoms with Crippen LogP contribution >= 0.6 is 0 Å². The summed E-state index contributed by atoms with van der Waals surface area (Å²) < 4.78 is 0. The van der Waals surface area contributed by atoms with E-state index in [4.69, 9.17) is 0 Å². The normalized spacial score (nSPS) is 31.3. The van der Waals surface area contributed by atoms with Crippen molar-refractivity contribution < 1.29 is 4.79 Å². The van der Waals surface area contributed by atoms with E-state index < -0.39 is 0 Å². The molecule has 1 aromatic rings. The number of ketones is 1. The first kappa shape index (κ1) is 29.9. The Kier molecular flexibility index (Phi) is 12.3.